The van der Waals surface area contributed by atoms with Gasteiger partial charge in [0, 0.05) is 19.5 Å². The van der Waals surface area contributed by atoms with E-state index < -0.39 is 0 Å². The number of aryl methyl sites for hydroxylation is 3. The molecule has 0 saturated carbocycles. The van der Waals surface area contributed by atoms with Crippen LogP contribution in [0, 0.1) is 13.8 Å². The van der Waals surface area contributed by atoms with E-state index in [0.717, 1.165) is 0 Å². The highest BCUT2D eigenvalue weighted by Crippen LogP contribution is 2.14. The molecule has 0 atom stereocenters. The van der Waals surface area contributed by atoms with Crippen molar-refractivity contribution in [2.24, 2.45) is 7.05 Å². The summed E-state index contributed by atoms with van der Waals surface area (Å²) in [6.45, 7) is 3.52. The molecule has 0 unspecified atom stereocenters. The zero-order valence-corrected chi connectivity index (χ0v) is 7.79. The number of fused-ring (bicyclic) bond motifs is 1. The molecule has 13 heavy (non-hydrogen) atoms. The molecule has 4 nitrogen and oxygen atoms in total. The van der Waals surface area contributed by atoms with Crippen LogP contribution in [0.15, 0.2) is 15.4 Å². The van der Waals surface area contributed by atoms with Gasteiger partial charge in [0.15, 0.2) is 11.5 Å². The third-order valence-electron chi connectivity index (χ3n) is 2.07. The van der Waals surface area contributed by atoms with Crippen molar-refractivity contribution in [1.82, 2.24) is 9.55 Å². The molecule has 0 N–H and O–H groups in total. The molecule has 0 fully saturated rings. The van der Waals surface area contributed by atoms with Gasteiger partial charge in [-0.05, 0) is 6.92 Å². The van der Waals surface area contributed by atoms with Crippen LogP contribution < -0.4 is 5.56 Å². The Balaban J connectivity index is 3.01. The molecule has 2 aromatic heterocycles. The summed E-state index contributed by atoms with van der Waals surface area (Å²) in [5.41, 5.74) is 1.94. The lowest BCUT2D eigenvalue weighted by atomic mass is 10.3. The van der Waals surface area contributed by atoms with Crippen molar-refractivity contribution in [1.29, 1.82) is 0 Å². The minimum absolute atomic E-state index is 0.0270. The van der Waals surface area contributed by atoms with E-state index in [1.165, 1.54) is 4.57 Å². The highest BCUT2D eigenvalue weighted by atomic mass is 16.3. The van der Waals surface area contributed by atoms with Crippen molar-refractivity contribution in [3.05, 3.63) is 28.0 Å². The monoisotopic (exact) mass is 178 g/mol. The number of hydrogen-bond acceptors (Lipinski definition) is 3. The van der Waals surface area contributed by atoms with Gasteiger partial charge >= 0.3 is 0 Å². The van der Waals surface area contributed by atoms with Crippen molar-refractivity contribution in [3.8, 4) is 0 Å². The first-order chi connectivity index (χ1) is 6.09. The Hall–Kier alpha value is -1.58. The van der Waals surface area contributed by atoms with E-state index in [1.54, 1.807) is 27.1 Å². The van der Waals surface area contributed by atoms with Gasteiger partial charge in [-0.25, -0.2) is 4.98 Å². The third kappa shape index (κ3) is 1.06. The van der Waals surface area contributed by atoms with Crippen LogP contribution in [0.4, 0.5) is 0 Å². The molecule has 0 radical (unpaired) electrons. The first-order valence-corrected chi connectivity index (χ1v) is 4.03. The summed E-state index contributed by atoms with van der Waals surface area (Å²) >= 11 is 0. The average molecular weight is 178 g/mol. The molecule has 0 aliphatic carbocycles. The van der Waals surface area contributed by atoms with E-state index in [0.29, 0.717) is 22.6 Å². The summed E-state index contributed by atoms with van der Waals surface area (Å²) in [5.74, 6) is 0.587. The van der Waals surface area contributed by atoms with Crippen LogP contribution in [0.2, 0.25) is 0 Å². The SMILES string of the molecule is Cc1nc2c(C)c(=O)n(C)cc2o1. The first kappa shape index (κ1) is 8.04. The van der Waals surface area contributed by atoms with E-state index in [1.807, 2.05) is 0 Å². The second-order valence-electron chi connectivity index (χ2n) is 3.12. The highest BCUT2D eigenvalue weighted by Gasteiger charge is 2.08. The lowest BCUT2D eigenvalue weighted by Gasteiger charge is -1.97. The molecule has 0 bridgehead atoms. The van der Waals surface area contributed by atoms with Crippen LogP contribution in [-0.2, 0) is 7.05 Å². The molecule has 0 aromatic carbocycles. The van der Waals surface area contributed by atoms with Crippen molar-refractivity contribution < 1.29 is 4.42 Å². The molecule has 4 heteroatoms. The molecule has 68 valence electrons. The van der Waals surface area contributed by atoms with Gasteiger partial charge < -0.3 is 8.98 Å². The second-order valence-corrected chi connectivity index (χ2v) is 3.12. The van der Waals surface area contributed by atoms with Gasteiger partial charge in [-0.3, -0.25) is 4.79 Å². The Kier molecular flexibility index (Phi) is 1.52. The maximum atomic E-state index is 11.5. The van der Waals surface area contributed by atoms with Crippen LogP contribution >= 0.6 is 0 Å². The molecule has 2 aromatic rings. The lowest BCUT2D eigenvalue weighted by molar-refractivity contribution is 0.557. The summed E-state index contributed by atoms with van der Waals surface area (Å²) in [6.07, 6.45) is 1.66. The van der Waals surface area contributed by atoms with Crippen LogP contribution in [0.1, 0.15) is 11.5 Å². The Bertz CT molecular complexity index is 522. The van der Waals surface area contributed by atoms with Gasteiger partial charge in [0.05, 0.1) is 6.20 Å². The maximum absolute atomic E-state index is 11.5. The van der Waals surface area contributed by atoms with Gasteiger partial charge in [-0.15, -0.1) is 0 Å². The van der Waals surface area contributed by atoms with Gasteiger partial charge in [0.25, 0.3) is 5.56 Å². The number of hydrogen-bond donors (Lipinski definition) is 0. The largest absolute Gasteiger partial charge is 0.439 e. The fourth-order valence-electron chi connectivity index (χ4n) is 1.40. The van der Waals surface area contributed by atoms with Crippen molar-refractivity contribution in [3.63, 3.8) is 0 Å². The Labute approximate surface area is 74.8 Å². The summed E-state index contributed by atoms with van der Waals surface area (Å²) in [6, 6.07) is 0. The summed E-state index contributed by atoms with van der Waals surface area (Å²) in [5, 5.41) is 0. The molecule has 0 aliphatic rings. The molecule has 0 amide bonds. The number of aromatic nitrogens is 2. The number of oxazole rings is 1. The third-order valence-corrected chi connectivity index (χ3v) is 2.07. The van der Waals surface area contributed by atoms with Crippen LogP contribution in [0.3, 0.4) is 0 Å². The second kappa shape index (κ2) is 2.45. The molecule has 2 rings (SSSR count). The molecule has 0 saturated heterocycles. The van der Waals surface area contributed by atoms with E-state index in [-0.39, 0.29) is 5.56 Å². The van der Waals surface area contributed by atoms with Crippen molar-refractivity contribution in [2.45, 2.75) is 13.8 Å². The molecule has 2 heterocycles. The Morgan fingerprint density at radius 3 is 2.85 bits per heavy atom. The summed E-state index contributed by atoms with van der Waals surface area (Å²) in [7, 11) is 1.70. The Morgan fingerprint density at radius 1 is 1.46 bits per heavy atom. The molecular formula is C9H10N2O2. The standard InChI is InChI=1S/C9H10N2O2/c1-5-8-7(13-6(2)10-8)4-11(3)9(5)12/h4H,1-3H3. The Morgan fingerprint density at radius 2 is 2.15 bits per heavy atom. The molecule has 0 aliphatic heterocycles. The first-order valence-electron chi connectivity index (χ1n) is 4.03. The van der Waals surface area contributed by atoms with Crippen molar-refractivity contribution >= 4 is 11.1 Å². The van der Waals surface area contributed by atoms with Crippen LogP contribution in [0.25, 0.3) is 11.1 Å². The van der Waals surface area contributed by atoms with Gasteiger partial charge in [-0.1, -0.05) is 0 Å². The van der Waals surface area contributed by atoms with Gasteiger partial charge in [0.1, 0.15) is 5.52 Å². The number of rotatable bonds is 0. The van der Waals surface area contributed by atoms with Crippen LogP contribution in [-0.4, -0.2) is 9.55 Å². The number of pyridine rings is 1. The number of nitrogens with zero attached hydrogens (tertiary/aromatic N) is 2. The summed E-state index contributed by atoms with van der Waals surface area (Å²) < 4.78 is 6.82. The lowest BCUT2D eigenvalue weighted by Crippen LogP contribution is -2.18. The quantitative estimate of drug-likeness (QED) is 0.607. The zero-order valence-electron chi connectivity index (χ0n) is 7.79. The van der Waals surface area contributed by atoms with Gasteiger partial charge in [0.2, 0.25) is 0 Å². The maximum Gasteiger partial charge on any atom is 0.255 e. The topological polar surface area (TPSA) is 48.0 Å². The van der Waals surface area contributed by atoms with E-state index in [9.17, 15) is 4.79 Å². The van der Waals surface area contributed by atoms with E-state index >= 15 is 0 Å². The van der Waals surface area contributed by atoms with E-state index in [4.69, 9.17) is 4.42 Å². The normalized spacial score (nSPS) is 11.0. The predicted molar refractivity (Wildman–Crippen MR) is 48.7 cm³/mol. The predicted octanol–water partition coefficient (Wildman–Crippen LogP) is 1.14. The molecule has 0 spiro atoms. The molecular weight excluding hydrogens is 168 g/mol. The summed E-state index contributed by atoms with van der Waals surface area (Å²) in [4.78, 5) is 15.6. The minimum atomic E-state index is -0.0270. The zero-order chi connectivity index (χ0) is 9.59. The average Bonchev–Trinajstić information content (AvgIpc) is 2.42. The minimum Gasteiger partial charge on any atom is -0.439 e. The van der Waals surface area contributed by atoms with Crippen molar-refractivity contribution in [2.75, 3.05) is 0 Å². The van der Waals surface area contributed by atoms with Crippen LogP contribution in [0.5, 0.6) is 0 Å². The fourth-order valence-corrected chi connectivity index (χ4v) is 1.40. The van der Waals surface area contributed by atoms with Gasteiger partial charge in [-0.2, -0.15) is 0 Å². The van der Waals surface area contributed by atoms with E-state index in [2.05, 4.69) is 4.98 Å². The fraction of sp³-hybridized carbons (Fsp3) is 0.333. The highest BCUT2D eigenvalue weighted by molar-refractivity contribution is 5.74. The smallest absolute Gasteiger partial charge is 0.255 e.